The van der Waals surface area contributed by atoms with Crippen LogP contribution >= 0.6 is 0 Å². The summed E-state index contributed by atoms with van der Waals surface area (Å²) in [5.41, 5.74) is 0.795. The standard InChI is InChI=1S/C15H25N3O3.C3H8.C2H6/c19-10-9-18-7-5-17(6-8-18)4-1-11-21-15-3-2-14(13-20)12-16-15;1-3-2;1-2/h2-3,12,19-20H,1,4-11,13H2;3H2,1-2H3;1-2H3. The van der Waals surface area contributed by atoms with Crippen molar-refractivity contribution in [1.82, 2.24) is 14.8 Å². The number of ether oxygens (including phenoxy) is 1. The molecule has 1 aliphatic rings. The second-order valence-electron chi connectivity index (χ2n) is 5.98. The van der Waals surface area contributed by atoms with E-state index in [-0.39, 0.29) is 13.2 Å². The van der Waals surface area contributed by atoms with Gasteiger partial charge in [0.05, 0.1) is 19.8 Å². The topological polar surface area (TPSA) is 69.1 Å². The molecule has 2 rings (SSSR count). The normalized spacial score (nSPS) is 14.7. The Morgan fingerprint density at radius 2 is 1.58 bits per heavy atom. The molecule has 0 bridgehead atoms. The van der Waals surface area contributed by atoms with Crippen LogP contribution in [0.25, 0.3) is 0 Å². The Bertz CT molecular complexity index is 407. The molecule has 1 saturated heterocycles. The number of aliphatic hydroxyl groups excluding tert-OH is 2. The van der Waals surface area contributed by atoms with Gasteiger partial charge >= 0.3 is 0 Å². The average Bonchev–Trinajstić information content (AvgIpc) is 2.69. The minimum Gasteiger partial charge on any atom is -0.478 e. The molecule has 1 aromatic heterocycles. The molecule has 1 aromatic rings. The number of aliphatic hydroxyl groups is 2. The first-order chi connectivity index (χ1) is 12.7. The highest BCUT2D eigenvalue weighted by atomic mass is 16.5. The second-order valence-corrected chi connectivity index (χ2v) is 5.98. The maximum Gasteiger partial charge on any atom is 0.213 e. The molecule has 0 atom stereocenters. The quantitative estimate of drug-likeness (QED) is 0.686. The van der Waals surface area contributed by atoms with Crippen LogP contribution in [0.5, 0.6) is 5.88 Å². The van der Waals surface area contributed by atoms with Crippen molar-refractivity contribution in [3.05, 3.63) is 23.9 Å². The molecule has 1 fully saturated rings. The zero-order valence-electron chi connectivity index (χ0n) is 17.2. The van der Waals surface area contributed by atoms with Crippen LogP contribution < -0.4 is 4.74 Å². The van der Waals surface area contributed by atoms with Crippen LogP contribution in [0.1, 0.15) is 46.1 Å². The summed E-state index contributed by atoms with van der Waals surface area (Å²) in [5, 5.41) is 17.8. The van der Waals surface area contributed by atoms with Crippen molar-refractivity contribution in [3.8, 4) is 5.88 Å². The second kappa shape index (κ2) is 17.2. The lowest BCUT2D eigenvalue weighted by Crippen LogP contribution is -2.47. The Morgan fingerprint density at radius 1 is 1.00 bits per heavy atom. The number of nitrogens with zero attached hydrogens (tertiary/aromatic N) is 3. The largest absolute Gasteiger partial charge is 0.478 e. The van der Waals surface area contributed by atoms with Crippen molar-refractivity contribution < 1.29 is 14.9 Å². The molecular weight excluding hydrogens is 330 g/mol. The number of β-amino-alcohol motifs (C(OH)–C–C–N with tert-alkyl or cyclic N) is 1. The highest BCUT2D eigenvalue weighted by molar-refractivity contribution is 5.16. The first kappa shape index (κ1) is 24.8. The molecular formula is C20H39N3O3. The number of hydrogen-bond acceptors (Lipinski definition) is 6. The first-order valence-electron chi connectivity index (χ1n) is 9.97. The zero-order valence-corrected chi connectivity index (χ0v) is 17.2. The van der Waals surface area contributed by atoms with Crippen LogP contribution in [-0.4, -0.2) is 77.5 Å². The maximum atomic E-state index is 8.94. The molecule has 26 heavy (non-hydrogen) atoms. The summed E-state index contributed by atoms with van der Waals surface area (Å²) in [5.74, 6) is 0.611. The fourth-order valence-corrected chi connectivity index (χ4v) is 2.43. The van der Waals surface area contributed by atoms with Crippen molar-refractivity contribution >= 4 is 0 Å². The van der Waals surface area contributed by atoms with Crippen LogP contribution in [0.2, 0.25) is 0 Å². The van der Waals surface area contributed by atoms with Gasteiger partial charge < -0.3 is 19.8 Å². The van der Waals surface area contributed by atoms with Gasteiger partial charge in [0.2, 0.25) is 5.88 Å². The Labute approximate surface area is 159 Å². The minimum absolute atomic E-state index is 0.00946. The van der Waals surface area contributed by atoms with Crippen molar-refractivity contribution in [2.45, 2.75) is 47.1 Å². The molecule has 1 aliphatic heterocycles. The van der Waals surface area contributed by atoms with E-state index in [1.54, 1.807) is 12.3 Å². The summed E-state index contributed by atoms with van der Waals surface area (Å²) >= 11 is 0. The van der Waals surface area contributed by atoms with Crippen LogP contribution in [0.15, 0.2) is 18.3 Å². The number of hydrogen-bond donors (Lipinski definition) is 2. The molecule has 2 N–H and O–H groups in total. The van der Waals surface area contributed by atoms with Crippen LogP contribution in [0.3, 0.4) is 0 Å². The highest BCUT2D eigenvalue weighted by Gasteiger charge is 2.15. The maximum absolute atomic E-state index is 8.94. The lowest BCUT2D eigenvalue weighted by molar-refractivity contribution is 0.108. The molecule has 6 heteroatoms. The predicted molar refractivity (Wildman–Crippen MR) is 108 cm³/mol. The third-order valence-corrected chi connectivity index (χ3v) is 3.73. The molecule has 152 valence electrons. The van der Waals surface area contributed by atoms with E-state index in [0.29, 0.717) is 12.5 Å². The molecule has 0 unspecified atom stereocenters. The zero-order chi connectivity index (χ0) is 19.6. The van der Waals surface area contributed by atoms with E-state index in [1.165, 1.54) is 6.42 Å². The summed E-state index contributed by atoms with van der Waals surface area (Å²) in [6.07, 6.45) is 3.86. The van der Waals surface area contributed by atoms with Crippen LogP contribution in [0, 0.1) is 0 Å². The lowest BCUT2D eigenvalue weighted by Gasteiger charge is -2.34. The average molecular weight is 370 g/mol. The molecule has 6 nitrogen and oxygen atoms in total. The molecule has 0 radical (unpaired) electrons. The third kappa shape index (κ3) is 11.4. The van der Waals surface area contributed by atoms with Gasteiger partial charge in [-0.3, -0.25) is 4.90 Å². The smallest absolute Gasteiger partial charge is 0.213 e. The van der Waals surface area contributed by atoms with Gasteiger partial charge in [-0.05, 0) is 18.1 Å². The van der Waals surface area contributed by atoms with E-state index in [9.17, 15) is 0 Å². The first-order valence-corrected chi connectivity index (χ1v) is 9.97. The SMILES string of the molecule is CC.CCC.OCCN1CCN(CCCOc2ccc(CO)cn2)CC1. The van der Waals surface area contributed by atoms with Crippen molar-refractivity contribution in [1.29, 1.82) is 0 Å². The number of aromatic nitrogens is 1. The van der Waals surface area contributed by atoms with E-state index in [2.05, 4.69) is 28.6 Å². The summed E-state index contributed by atoms with van der Waals surface area (Å²) in [6, 6.07) is 3.61. The molecule has 0 aromatic carbocycles. The van der Waals surface area contributed by atoms with Crippen LogP contribution in [0.4, 0.5) is 0 Å². The van der Waals surface area contributed by atoms with Gasteiger partial charge in [0, 0.05) is 51.5 Å². The van der Waals surface area contributed by atoms with Gasteiger partial charge in [-0.15, -0.1) is 0 Å². The summed E-state index contributed by atoms with van der Waals surface area (Å²) in [7, 11) is 0. The number of pyridine rings is 1. The third-order valence-electron chi connectivity index (χ3n) is 3.73. The monoisotopic (exact) mass is 369 g/mol. The van der Waals surface area contributed by atoms with Crippen LogP contribution in [-0.2, 0) is 6.61 Å². The number of rotatable bonds is 8. The summed E-state index contributed by atoms with van der Waals surface area (Å²) < 4.78 is 5.59. The van der Waals surface area contributed by atoms with Crippen molar-refractivity contribution in [2.24, 2.45) is 0 Å². The van der Waals surface area contributed by atoms with E-state index in [4.69, 9.17) is 14.9 Å². The van der Waals surface area contributed by atoms with E-state index < -0.39 is 0 Å². The van der Waals surface area contributed by atoms with Gasteiger partial charge in [-0.25, -0.2) is 4.98 Å². The fraction of sp³-hybridized carbons (Fsp3) is 0.750. The van der Waals surface area contributed by atoms with Gasteiger partial charge in [0.25, 0.3) is 0 Å². The Kier molecular flexibility index (Phi) is 16.4. The highest BCUT2D eigenvalue weighted by Crippen LogP contribution is 2.08. The van der Waals surface area contributed by atoms with Crippen molar-refractivity contribution in [3.63, 3.8) is 0 Å². The van der Waals surface area contributed by atoms with E-state index in [0.717, 1.165) is 51.3 Å². The minimum atomic E-state index is 0.00946. The molecule has 0 amide bonds. The molecule has 0 aliphatic carbocycles. The van der Waals surface area contributed by atoms with Gasteiger partial charge in [0.15, 0.2) is 0 Å². The lowest BCUT2D eigenvalue weighted by atomic mass is 10.3. The van der Waals surface area contributed by atoms with Gasteiger partial charge in [0.1, 0.15) is 0 Å². The number of piperazine rings is 1. The fourth-order valence-electron chi connectivity index (χ4n) is 2.43. The molecule has 0 saturated carbocycles. The van der Waals surface area contributed by atoms with Gasteiger partial charge in [-0.1, -0.05) is 34.1 Å². The summed E-state index contributed by atoms with van der Waals surface area (Å²) in [4.78, 5) is 8.86. The Hall–Kier alpha value is -1.21. The van der Waals surface area contributed by atoms with Crippen molar-refractivity contribution in [2.75, 3.05) is 52.5 Å². The summed E-state index contributed by atoms with van der Waals surface area (Å²) in [6.45, 7) is 15.2. The predicted octanol–water partition coefficient (Wildman–Crippen LogP) is 2.40. The Morgan fingerprint density at radius 3 is 2.04 bits per heavy atom. The van der Waals surface area contributed by atoms with Gasteiger partial charge in [-0.2, -0.15) is 0 Å². The van der Waals surface area contributed by atoms with E-state index >= 15 is 0 Å². The Balaban J connectivity index is 0.00000113. The molecule has 0 spiro atoms. The molecule has 2 heterocycles. The van der Waals surface area contributed by atoms with E-state index in [1.807, 2.05) is 19.9 Å².